The van der Waals surface area contributed by atoms with E-state index in [0.29, 0.717) is 6.04 Å². The Morgan fingerprint density at radius 3 is 2.12 bits per heavy atom. The summed E-state index contributed by atoms with van der Waals surface area (Å²) in [6, 6.07) is 3.21. The molecule has 0 heterocycles. The predicted octanol–water partition coefficient (Wildman–Crippen LogP) is 1.09. The van der Waals surface area contributed by atoms with Gasteiger partial charge in [0.1, 0.15) is 16.4 Å². The van der Waals surface area contributed by atoms with E-state index in [2.05, 4.69) is 6.92 Å². The molecule has 1 unspecified atom stereocenters. The lowest BCUT2D eigenvalue weighted by molar-refractivity contribution is 0.433. The van der Waals surface area contributed by atoms with Crippen molar-refractivity contribution in [2.75, 3.05) is 0 Å². The van der Waals surface area contributed by atoms with Gasteiger partial charge in [-0.15, -0.1) is 0 Å². The van der Waals surface area contributed by atoms with Gasteiger partial charge in [-0.2, -0.15) is 8.42 Å². The molecule has 17 heavy (non-hydrogen) atoms. The maximum Gasteiger partial charge on any atom is 0.298 e. The minimum atomic E-state index is -4.47. The van der Waals surface area contributed by atoms with Gasteiger partial charge in [-0.1, -0.05) is 6.92 Å². The van der Waals surface area contributed by atoms with Gasteiger partial charge in [0, 0.05) is 12.1 Å². The highest BCUT2D eigenvalue weighted by Crippen LogP contribution is 2.25. The van der Waals surface area contributed by atoms with Gasteiger partial charge in [0.05, 0.1) is 0 Å². The number of aromatic hydroxyl groups is 2. The first kappa shape index (κ1) is 15.7. The van der Waals surface area contributed by atoms with Gasteiger partial charge in [0.25, 0.3) is 10.1 Å². The van der Waals surface area contributed by atoms with Gasteiger partial charge in [0.2, 0.25) is 0 Å². The molecule has 1 rings (SSSR count). The van der Waals surface area contributed by atoms with Crippen LogP contribution >= 0.6 is 0 Å². The highest BCUT2D eigenvalue weighted by molar-refractivity contribution is 7.86. The van der Waals surface area contributed by atoms with Crippen LogP contribution in [-0.2, 0) is 10.1 Å². The fraction of sp³-hybridized carbons (Fsp3) is 0.400. The fourth-order valence-electron chi connectivity index (χ4n) is 0.709. The first-order chi connectivity index (χ1) is 7.68. The van der Waals surface area contributed by atoms with E-state index >= 15 is 0 Å². The predicted molar refractivity (Wildman–Crippen MR) is 63.5 cm³/mol. The van der Waals surface area contributed by atoms with Crippen LogP contribution in [0.2, 0.25) is 0 Å². The van der Waals surface area contributed by atoms with Gasteiger partial charge in [-0.25, -0.2) is 0 Å². The molecule has 1 atom stereocenters. The molecule has 0 spiro atoms. The molecule has 7 heteroatoms. The molecule has 5 N–H and O–H groups in total. The highest BCUT2D eigenvalue weighted by atomic mass is 32.2. The van der Waals surface area contributed by atoms with E-state index in [1.54, 1.807) is 0 Å². The Morgan fingerprint density at radius 1 is 1.35 bits per heavy atom. The monoisotopic (exact) mass is 263 g/mol. The number of benzene rings is 1. The Morgan fingerprint density at radius 2 is 1.82 bits per heavy atom. The quantitative estimate of drug-likeness (QED) is 0.468. The van der Waals surface area contributed by atoms with Crippen LogP contribution in [0.25, 0.3) is 0 Å². The molecular weight excluding hydrogens is 246 g/mol. The van der Waals surface area contributed by atoms with Gasteiger partial charge in [-0.3, -0.25) is 4.55 Å². The van der Waals surface area contributed by atoms with Gasteiger partial charge >= 0.3 is 0 Å². The number of phenols is 2. The van der Waals surface area contributed by atoms with Crippen LogP contribution in [0.5, 0.6) is 11.5 Å². The van der Waals surface area contributed by atoms with Crippen molar-refractivity contribution in [3.8, 4) is 11.5 Å². The molecule has 6 nitrogen and oxygen atoms in total. The molecule has 0 radical (unpaired) electrons. The van der Waals surface area contributed by atoms with Crippen LogP contribution in [0, 0.1) is 0 Å². The molecule has 98 valence electrons. The Balaban J connectivity index is 0.000000437. The lowest BCUT2D eigenvalue weighted by Crippen LogP contribution is -2.11. The van der Waals surface area contributed by atoms with E-state index in [0.717, 1.165) is 24.6 Å². The van der Waals surface area contributed by atoms with Crippen molar-refractivity contribution in [1.82, 2.24) is 0 Å². The molecule has 1 aromatic rings. The van der Waals surface area contributed by atoms with Gasteiger partial charge in [-0.05, 0) is 25.5 Å². The van der Waals surface area contributed by atoms with Crippen LogP contribution in [-0.4, -0.2) is 29.2 Å². The lowest BCUT2D eigenvalue weighted by Gasteiger charge is -2.00. The Labute approximate surface area is 100 Å². The molecule has 0 bridgehead atoms. The van der Waals surface area contributed by atoms with E-state index in [-0.39, 0.29) is 5.75 Å². The van der Waals surface area contributed by atoms with Crippen LogP contribution in [0.1, 0.15) is 20.3 Å². The zero-order valence-electron chi connectivity index (χ0n) is 9.66. The molecule has 0 aliphatic rings. The maximum atomic E-state index is 10.5. The smallest absolute Gasteiger partial charge is 0.298 e. The van der Waals surface area contributed by atoms with Crippen molar-refractivity contribution in [3.05, 3.63) is 18.2 Å². The van der Waals surface area contributed by atoms with E-state index in [4.69, 9.17) is 20.5 Å². The zero-order valence-corrected chi connectivity index (χ0v) is 10.5. The summed E-state index contributed by atoms with van der Waals surface area (Å²) in [6.07, 6.45) is 1.08. The van der Waals surface area contributed by atoms with Gasteiger partial charge < -0.3 is 15.9 Å². The van der Waals surface area contributed by atoms with E-state index in [1.165, 1.54) is 0 Å². The molecular formula is C10H17NO5S. The third-order valence-corrected chi connectivity index (χ3v) is 2.75. The van der Waals surface area contributed by atoms with Crippen molar-refractivity contribution in [1.29, 1.82) is 0 Å². The van der Waals surface area contributed by atoms with Crippen LogP contribution in [0.4, 0.5) is 0 Å². The summed E-state index contributed by atoms with van der Waals surface area (Å²) in [4.78, 5) is -0.706. The summed E-state index contributed by atoms with van der Waals surface area (Å²) < 4.78 is 29.5. The molecule has 0 aromatic heterocycles. The Bertz CT molecular complexity index is 456. The molecule has 0 saturated heterocycles. The SMILES string of the molecule is CCC(C)N.O=S(=O)(O)c1cc(O)ccc1O. The van der Waals surface area contributed by atoms with Crippen molar-refractivity contribution >= 4 is 10.1 Å². The van der Waals surface area contributed by atoms with Crippen molar-refractivity contribution in [3.63, 3.8) is 0 Å². The highest BCUT2D eigenvalue weighted by Gasteiger charge is 2.15. The molecule has 0 aliphatic carbocycles. The molecule has 0 saturated carbocycles. The average Bonchev–Trinajstić information content (AvgIpc) is 2.21. The number of nitrogens with two attached hydrogens (primary N) is 1. The standard InChI is InChI=1S/C6H6O5S.C4H11N/c7-4-1-2-5(8)6(3-4)12(9,10)11;1-3-4(2)5/h1-3,7-8H,(H,9,10,11);4H,3,5H2,1-2H3. The lowest BCUT2D eigenvalue weighted by atomic mass is 10.3. The van der Waals surface area contributed by atoms with Crippen LogP contribution in [0.15, 0.2) is 23.1 Å². The summed E-state index contributed by atoms with van der Waals surface area (Å²) >= 11 is 0. The summed E-state index contributed by atoms with van der Waals surface area (Å²) in [5.74, 6) is -0.948. The second-order valence-corrected chi connectivity index (χ2v) is 4.90. The number of hydrogen-bond donors (Lipinski definition) is 4. The zero-order chi connectivity index (χ0) is 13.6. The van der Waals surface area contributed by atoms with Crippen molar-refractivity contribution in [2.45, 2.75) is 31.2 Å². The first-order valence-electron chi connectivity index (χ1n) is 4.93. The largest absolute Gasteiger partial charge is 0.508 e. The summed E-state index contributed by atoms with van der Waals surface area (Å²) in [5.41, 5.74) is 5.29. The average molecular weight is 263 g/mol. The minimum absolute atomic E-state index is 0.347. The summed E-state index contributed by atoms with van der Waals surface area (Å²) in [7, 11) is -4.47. The Kier molecular flexibility index (Phi) is 5.94. The number of phenolic OH excluding ortho intramolecular Hbond substituents is 2. The van der Waals surface area contributed by atoms with E-state index < -0.39 is 20.8 Å². The molecule has 1 aromatic carbocycles. The third-order valence-electron chi connectivity index (χ3n) is 1.87. The molecule has 0 aliphatic heterocycles. The van der Waals surface area contributed by atoms with Crippen molar-refractivity contribution in [2.24, 2.45) is 5.73 Å². The van der Waals surface area contributed by atoms with E-state index in [1.807, 2.05) is 6.92 Å². The normalized spacial score (nSPS) is 12.5. The van der Waals surface area contributed by atoms with Crippen LogP contribution in [0.3, 0.4) is 0 Å². The number of rotatable bonds is 2. The second-order valence-electron chi connectivity index (χ2n) is 3.51. The topological polar surface area (TPSA) is 121 Å². The first-order valence-corrected chi connectivity index (χ1v) is 6.37. The molecule has 0 fully saturated rings. The molecule has 0 amide bonds. The van der Waals surface area contributed by atoms with Gasteiger partial charge in [0.15, 0.2) is 0 Å². The summed E-state index contributed by atoms with van der Waals surface area (Å²) in [5, 5.41) is 17.7. The Hall–Kier alpha value is -1.31. The van der Waals surface area contributed by atoms with Crippen LogP contribution < -0.4 is 5.73 Å². The minimum Gasteiger partial charge on any atom is -0.508 e. The maximum absolute atomic E-state index is 10.5. The van der Waals surface area contributed by atoms with Crippen molar-refractivity contribution < 1.29 is 23.2 Å². The van der Waals surface area contributed by atoms with E-state index in [9.17, 15) is 8.42 Å². The fourth-order valence-corrected chi connectivity index (χ4v) is 1.31. The number of hydrogen-bond acceptors (Lipinski definition) is 5. The summed E-state index contributed by atoms with van der Waals surface area (Å²) in [6.45, 7) is 4.07. The second kappa shape index (κ2) is 6.43. The third kappa shape index (κ3) is 6.10.